The van der Waals surface area contributed by atoms with Gasteiger partial charge in [-0.2, -0.15) is 0 Å². The van der Waals surface area contributed by atoms with Crippen molar-refractivity contribution in [3.05, 3.63) is 24.3 Å². The monoisotopic (exact) mass is 489 g/mol. The molecule has 3 saturated heterocycles. The zero-order valence-electron chi connectivity index (χ0n) is 20.3. The number of fused-ring (bicyclic) bond motifs is 2. The first-order chi connectivity index (χ1) is 16.9. The molecule has 5 aliphatic rings. The summed E-state index contributed by atoms with van der Waals surface area (Å²) in [5.41, 5.74) is -2.29. The predicted octanol–water partition coefficient (Wildman–Crippen LogP) is -0.427. The smallest absolute Gasteiger partial charge is 0.313 e. The van der Waals surface area contributed by atoms with Crippen molar-refractivity contribution < 1.29 is 33.7 Å². The van der Waals surface area contributed by atoms with E-state index in [2.05, 4.69) is 4.90 Å². The molecule has 1 spiro atoms. The van der Waals surface area contributed by atoms with Crippen molar-refractivity contribution in [2.75, 3.05) is 65.7 Å². The Kier molecular flexibility index (Phi) is 6.73. The molecule has 0 bridgehead atoms. The van der Waals surface area contributed by atoms with Crippen molar-refractivity contribution in [3.8, 4) is 0 Å². The van der Waals surface area contributed by atoms with E-state index in [0.717, 1.165) is 19.6 Å². The second-order valence-corrected chi connectivity index (χ2v) is 10.1. The van der Waals surface area contributed by atoms with Gasteiger partial charge in [0.25, 0.3) is 0 Å². The molecule has 0 saturated carbocycles. The number of esters is 1. The normalized spacial score (nSPS) is 37.1. The summed E-state index contributed by atoms with van der Waals surface area (Å²) in [6.07, 6.45) is 8.36. The lowest BCUT2D eigenvalue weighted by molar-refractivity contribution is -0.157. The summed E-state index contributed by atoms with van der Waals surface area (Å²) in [6, 6.07) is -0.868. The summed E-state index contributed by atoms with van der Waals surface area (Å²) in [5, 5.41) is 9.29. The molecule has 0 radical (unpaired) electrons. The third kappa shape index (κ3) is 4.10. The van der Waals surface area contributed by atoms with Crippen LogP contribution in [0.1, 0.15) is 19.8 Å². The zero-order chi connectivity index (χ0) is 24.6. The highest BCUT2D eigenvalue weighted by Crippen LogP contribution is 2.57. The molecule has 5 aliphatic heterocycles. The summed E-state index contributed by atoms with van der Waals surface area (Å²) in [7, 11) is 0. The Hall–Kier alpha value is -2.27. The van der Waals surface area contributed by atoms with Gasteiger partial charge in [0, 0.05) is 45.9 Å². The van der Waals surface area contributed by atoms with Gasteiger partial charge in [0.2, 0.25) is 11.8 Å². The quantitative estimate of drug-likeness (QED) is 0.292. The van der Waals surface area contributed by atoms with Crippen LogP contribution in [0.15, 0.2) is 24.3 Å². The lowest BCUT2D eigenvalue weighted by Crippen LogP contribution is -2.56. The number of ether oxygens (including phenoxy) is 3. The van der Waals surface area contributed by atoms with Crippen LogP contribution in [-0.2, 0) is 28.6 Å². The van der Waals surface area contributed by atoms with E-state index in [0.29, 0.717) is 45.7 Å². The number of cyclic esters (lactones) is 1. The molecule has 0 aromatic carbocycles. The Bertz CT molecular complexity index is 917. The molecule has 1 unspecified atom stereocenters. The molecular weight excluding hydrogens is 454 g/mol. The number of carbonyl (C=O) groups excluding carboxylic acids is 3. The molecule has 5 atom stereocenters. The van der Waals surface area contributed by atoms with Gasteiger partial charge in [-0.25, -0.2) is 0 Å². The van der Waals surface area contributed by atoms with Gasteiger partial charge in [-0.1, -0.05) is 18.2 Å². The van der Waals surface area contributed by atoms with Crippen LogP contribution in [0.25, 0.3) is 0 Å². The highest BCUT2D eigenvalue weighted by atomic mass is 16.6. The molecule has 35 heavy (non-hydrogen) atoms. The Morgan fingerprint density at radius 2 is 1.80 bits per heavy atom. The fourth-order valence-corrected chi connectivity index (χ4v) is 6.32. The van der Waals surface area contributed by atoms with E-state index in [1.807, 2.05) is 12.2 Å². The minimum Gasteiger partial charge on any atom is -0.461 e. The first-order valence-corrected chi connectivity index (χ1v) is 12.6. The number of likely N-dealkylation sites (tertiary alicyclic amines) is 1. The Balaban J connectivity index is 1.47. The number of carbonyl (C=O) groups is 3. The van der Waals surface area contributed by atoms with Crippen molar-refractivity contribution in [1.29, 1.82) is 0 Å². The summed E-state index contributed by atoms with van der Waals surface area (Å²) in [4.78, 5) is 46.7. The number of unbranched alkanes of at least 4 members (excludes halogenated alkanes) is 1. The van der Waals surface area contributed by atoms with Crippen LogP contribution in [0.2, 0.25) is 0 Å². The van der Waals surface area contributed by atoms with Crippen LogP contribution in [0.5, 0.6) is 0 Å². The molecular formula is C25H35N3O7. The van der Waals surface area contributed by atoms with E-state index < -0.39 is 35.0 Å². The van der Waals surface area contributed by atoms with E-state index in [4.69, 9.17) is 14.2 Å². The lowest BCUT2D eigenvalue weighted by Gasteiger charge is -2.37. The van der Waals surface area contributed by atoms with Crippen LogP contribution >= 0.6 is 0 Å². The molecule has 0 aromatic rings. The van der Waals surface area contributed by atoms with E-state index in [9.17, 15) is 19.5 Å². The molecule has 192 valence electrons. The first kappa shape index (κ1) is 24.4. The zero-order valence-corrected chi connectivity index (χ0v) is 20.3. The average molecular weight is 490 g/mol. The highest BCUT2D eigenvalue weighted by Gasteiger charge is 2.74. The second-order valence-electron chi connectivity index (χ2n) is 10.1. The maximum atomic E-state index is 14.1. The van der Waals surface area contributed by atoms with E-state index in [1.54, 1.807) is 28.9 Å². The molecule has 1 N–H and O–H groups in total. The minimum absolute atomic E-state index is 0.00904. The number of nitrogens with zero attached hydrogens (tertiary/aromatic N) is 3. The number of aliphatic hydroxyl groups excluding tert-OH is 1. The van der Waals surface area contributed by atoms with Gasteiger partial charge in [0.1, 0.15) is 24.2 Å². The fourth-order valence-electron chi connectivity index (χ4n) is 6.32. The number of aliphatic hydroxyl groups is 1. The maximum Gasteiger partial charge on any atom is 0.313 e. The van der Waals surface area contributed by atoms with Crippen molar-refractivity contribution >= 4 is 17.8 Å². The summed E-state index contributed by atoms with van der Waals surface area (Å²) >= 11 is 0. The number of hydrogen-bond donors (Lipinski definition) is 1. The Labute approximate surface area is 205 Å². The van der Waals surface area contributed by atoms with Gasteiger partial charge in [-0.15, -0.1) is 0 Å². The number of morpholine rings is 1. The van der Waals surface area contributed by atoms with E-state index in [-0.39, 0.29) is 25.0 Å². The minimum atomic E-state index is -1.25. The number of amides is 2. The molecule has 10 heteroatoms. The van der Waals surface area contributed by atoms with Gasteiger partial charge < -0.3 is 29.1 Å². The van der Waals surface area contributed by atoms with Crippen LogP contribution in [0, 0.1) is 11.8 Å². The summed E-state index contributed by atoms with van der Waals surface area (Å²) in [5.74, 6) is -2.59. The third-order valence-electron chi connectivity index (χ3n) is 7.99. The first-order valence-electron chi connectivity index (χ1n) is 12.6. The second kappa shape index (κ2) is 9.65. The molecule has 0 aromatic heterocycles. The predicted molar refractivity (Wildman–Crippen MR) is 124 cm³/mol. The lowest BCUT2D eigenvalue weighted by atomic mass is 9.75. The third-order valence-corrected chi connectivity index (χ3v) is 7.99. The van der Waals surface area contributed by atoms with Gasteiger partial charge in [-0.05, 0) is 25.8 Å². The van der Waals surface area contributed by atoms with Gasteiger partial charge in [-0.3, -0.25) is 19.3 Å². The molecule has 10 nitrogen and oxygen atoms in total. The largest absolute Gasteiger partial charge is 0.461 e. The van der Waals surface area contributed by atoms with E-state index in [1.165, 1.54) is 0 Å². The molecule has 5 heterocycles. The molecule has 5 rings (SSSR count). The molecule has 2 amide bonds. The SMILES string of the molecule is C[C@@]12C=CCOC(=O)[C@@H]1[C@H]1C(=O)N(CCCCO)C3C(=O)N(CCN4CCOCC4)CC=C[C@@]31O2. The Morgan fingerprint density at radius 1 is 1.00 bits per heavy atom. The number of hydrogen-bond acceptors (Lipinski definition) is 8. The standard InChI is InChI=1S/C25H35N3O7/c1-24-6-5-15-34-23(32)19(24)18-21(30)28(9-2-3-14-29)20-22(31)27(8-4-7-25(18,20)35-24)11-10-26-12-16-33-17-13-26/h4-7,18-20,29H,2-3,8-17H2,1H3/t18-,19-,20?,24+,25-/m0/s1. The summed E-state index contributed by atoms with van der Waals surface area (Å²) < 4.78 is 17.5. The maximum absolute atomic E-state index is 14.1. The summed E-state index contributed by atoms with van der Waals surface area (Å²) in [6.45, 7) is 6.96. The van der Waals surface area contributed by atoms with Gasteiger partial charge in [0.05, 0.1) is 24.7 Å². The van der Waals surface area contributed by atoms with Crippen molar-refractivity contribution in [2.24, 2.45) is 11.8 Å². The van der Waals surface area contributed by atoms with Crippen molar-refractivity contribution in [3.63, 3.8) is 0 Å². The van der Waals surface area contributed by atoms with Crippen LogP contribution in [-0.4, -0.2) is 121 Å². The molecule has 3 fully saturated rings. The van der Waals surface area contributed by atoms with Gasteiger partial charge in [0.15, 0.2) is 0 Å². The van der Waals surface area contributed by atoms with Gasteiger partial charge >= 0.3 is 5.97 Å². The highest BCUT2D eigenvalue weighted by molar-refractivity contribution is 5.99. The average Bonchev–Trinajstić information content (AvgIpc) is 3.10. The fraction of sp³-hybridized carbons (Fsp3) is 0.720. The Morgan fingerprint density at radius 3 is 2.57 bits per heavy atom. The van der Waals surface area contributed by atoms with Crippen molar-refractivity contribution in [2.45, 2.75) is 37.0 Å². The topological polar surface area (TPSA) is 109 Å². The van der Waals surface area contributed by atoms with Crippen molar-refractivity contribution in [1.82, 2.24) is 14.7 Å². The van der Waals surface area contributed by atoms with Crippen LogP contribution in [0.3, 0.4) is 0 Å². The molecule has 0 aliphatic carbocycles. The van der Waals surface area contributed by atoms with Crippen LogP contribution < -0.4 is 0 Å². The van der Waals surface area contributed by atoms with Crippen LogP contribution in [0.4, 0.5) is 0 Å². The van der Waals surface area contributed by atoms with E-state index >= 15 is 0 Å². The number of rotatable bonds is 7.